The van der Waals surface area contributed by atoms with Crippen molar-refractivity contribution in [1.82, 2.24) is 0 Å². The van der Waals surface area contributed by atoms with Crippen LogP contribution in [0.25, 0.3) is 76.5 Å². The molecule has 2 aromatic heterocycles. The fraction of sp³-hybridized carbons (Fsp3) is 0.100. The maximum atomic E-state index is 13.7. The molecule has 0 atom stereocenters. The number of hydrogen-bond donors (Lipinski definition) is 0. The van der Waals surface area contributed by atoms with Gasteiger partial charge in [-0.2, -0.15) is 0 Å². The van der Waals surface area contributed by atoms with Crippen molar-refractivity contribution < 1.29 is 8.83 Å². The van der Waals surface area contributed by atoms with E-state index in [0.29, 0.717) is 22.3 Å². The third-order valence-corrected chi connectivity index (χ3v) is 8.98. The van der Waals surface area contributed by atoms with Crippen LogP contribution in [0, 0.1) is 0 Å². The summed E-state index contributed by atoms with van der Waals surface area (Å²) in [6.07, 6.45) is 0. The second-order valence-corrected chi connectivity index (χ2v) is 11.3. The molecule has 218 valence electrons. The predicted molar refractivity (Wildman–Crippen MR) is 185 cm³/mol. The zero-order chi connectivity index (χ0) is 30.7. The minimum absolute atomic E-state index is 0.402. The molecule has 0 aliphatic carbocycles. The number of anilines is 1. The fourth-order valence-corrected chi connectivity index (χ4v) is 6.78. The van der Waals surface area contributed by atoms with Crippen LogP contribution < -0.4 is 16.2 Å². The minimum atomic E-state index is -0.407. The number of rotatable bonds is 5. The molecule has 2 heterocycles. The first-order chi connectivity index (χ1) is 22.1. The average molecular weight is 588 g/mol. The number of nitrogens with zero attached hydrogens (tertiary/aromatic N) is 1. The molecule has 0 bridgehead atoms. The molecule has 0 N–H and O–H groups in total. The summed E-state index contributed by atoms with van der Waals surface area (Å²) in [6.45, 7) is 5.94. The first-order valence-electron chi connectivity index (χ1n) is 15.3. The number of benzene rings is 6. The van der Waals surface area contributed by atoms with Crippen molar-refractivity contribution in [3.63, 3.8) is 0 Å². The third kappa shape index (κ3) is 4.23. The SMILES string of the molecule is CCN(CC)c1ccc2cc(-c3cccc4c(-c5cc6c7ccccc7c7ccccc7c6oc5=O)cccc34)c(=O)oc2c1. The molecule has 0 saturated carbocycles. The maximum absolute atomic E-state index is 13.7. The van der Waals surface area contributed by atoms with E-state index < -0.39 is 11.3 Å². The second kappa shape index (κ2) is 10.5. The van der Waals surface area contributed by atoms with Gasteiger partial charge in [0.15, 0.2) is 0 Å². The topological polar surface area (TPSA) is 63.7 Å². The highest BCUT2D eigenvalue weighted by Crippen LogP contribution is 2.38. The van der Waals surface area contributed by atoms with Gasteiger partial charge in [-0.25, -0.2) is 9.59 Å². The van der Waals surface area contributed by atoms with E-state index in [-0.39, 0.29) is 0 Å². The largest absolute Gasteiger partial charge is 0.422 e. The van der Waals surface area contributed by atoms with Gasteiger partial charge in [-0.1, -0.05) is 84.9 Å². The normalized spacial score (nSPS) is 11.7. The summed E-state index contributed by atoms with van der Waals surface area (Å²) in [4.78, 5) is 29.4. The summed E-state index contributed by atoms with van der Waals surface area (Å²) in [5.74, 6) is 0. The van der Waals surface area contributed by atoms with E-state index in [4.69, 9.17) is 8.83 Å². The molecular weight excluding hydrogens is 558 g/mol. The van der Waals surface area contributed by atoms with Gasteiger partial charge < -0.3 is 13.7 Å². The second-order valence-electron chi connectivity index (χ2n) is 11.3. The monoisotopic (exact) mass is 587 g/mol. The van der Waals surface area contributed by atoms with Gasteiger partial charge in [0.1, 0.15) is 11.2 Å². The van der Waals surface area contributed by atoms with Crippen LogP contribution in [0.3, 0.4) is 0 Å². The Balaban J connectivity index is 1.34. The first-order valence-corrected chi connectivity index (χ1v) is 15.3. The third-order valence-electron chi connectivity index (χ3n) is 8.98. The van der Waals surface area contributed by atoms with Crippen molar-refractivity contribution in [2.45, 2.75) is 13.8 Å². The van der Waals surface area contributed by atoms with E-state index in [2.05, 4.69) is 43.0 Å². The van der Waals surface area contributed by atoms with Crippen molar-refractivity contribution in [1.29, 1.82) is 0 Å². The van der Waals surface area contributed by atoms with Crippen LogP contribution in [0.2, 0.25) is 0 Å². The highest BCUT2D eigenvalue weighted by atomic mass is 16.4. The lowest BCUT2D eigenvalue weighted by Gasteiger charge is -2.21. The lowest BCUT2D eigenvalue weighted by molar-refractivity contribution is 0.563. The molecule has 6 aromatic carbocycles. The molecule has 0 aliphatic heterocycles. The molecule has 0 spiro atoms. The van der Waals surface area contributed by atoms with Gasteiger partial charge in [0.05, 0.1) is 11.1 Å². The Morgan fingerprint density at radius 2 is 1.02 bits per heavy atom. The van der Waals surface area contributed by atoms with E-state index in [1.165, 1.54) is 0 Å². The van der Waals surface area contributed by atoms with Crippen LogP contribution >= 0.6 is 0 Å². The lowest BCUT2D eigenvalue weighted by Crippen LogP contribution is -2.21. The molecule has 0 amide bonds. The Morgan fingerprint density at radius 1 is 0.489 bits per heavy atom. The van der Waals surface area contributed by atoms with Crippen LogP contribution in [0.4, 0.5) is 5.69 Å². The molecule has 5 heteroatoms. The molecule has 8 aromatic rings. The van der Waals surface area contributed by atoms with Gasteiger partial charge in [0, 0.05) is 41.0 Å². The molecular formula is C40H29NO4. The van der Waals surface area contributed by atoms with E-state index in [1.54, 1.807) is 0 Å². The van der Waals surface area contributed by atoms with Crippen LogP contribution in [0.5, 0.6) is 0 Å². The van der Waals surface area contributed by atoms with E-state index in [9.17, 15) is 9.59 Å². The number of hydrogen-bond acceptors (Lipinski definition) is 5. The van der Waals surface area contributed by atoms with Crippen LogP contribution in [-0.2, 0) is 0 Å². The van der Waals surface area contributed by atoms with E-state index >= 15 is 0 Å². The summed E-state index contributed by atoms with van der Waals surface area (Å²) in [6, 6.07) is 37.7. The smallest absolute Gasteiger partial charge is 0.344 e. The summed E-state index contributed by atoms with van der Waals surface area (Å²) < 4.78 is 12.0. The van der Waals surface area contributed by atoms with E-state index in [0.717, 1.165) is 73.0 Å². The van der Waals surface area contributed by atoms with Gasteiger partial charge >= 0.3 is 11.3 Å². The zero-order valence-electron chi connectivity index (χ0n) is 25.0. The summed E-state index contributed by atoms with van der Waals surface area (Å²) in [7, 11) is 0. The molecule has 5 nitrogen and oxygen atoms in total. The Kier molecular flexibility index (Phi) is 6.27. The fourth-order valence-electron chi connectivity index (χ4n) is 6.78. The van der Waals surface area contributed by atoms with Crippen molar-refractivity contribution in [3.05, 3.63) is 136 Å². The molecule has 8 rings (SSSR count). The van der Waals surface area contributed by atoms with Gasteiger partial charge in [-0.3, -0.25) is 0 Å². The van der Waals surface area contributed by atoms with Crippen molar-refractivity contribution in [3.8, 4) is 22.3 Å². The Hall–Kier alpha value is -5.68. The van der Waals surface area contributed by atoms with Gasteiger partial charge in [0.2, 0.25) is 0 Å². The Labute approximate surface area is 258 Å². The summed E-state index contributed by atoms with van der Waals surface area (Å²) in [5, 5.41) is 7.51. The van der Waals surface area contributed by atoms with Crippen molar-refractivity contribution in [2.75, 3.05) is 18.0 Å². The quantitative estimate of drug-likeness (QED) is 0.148. The molecule has 0 saturated heterocycles. The van der Waals surface area contributed by atoms with E-state index in [1.807, 2.05) is 91.0 Å². The highest BCUT2D eigenvalue weighted by Gasteiger charge is 2.18. The van der Waals surface area contributed by atoms with Gasteiger partial charge in [-0.15, -0.1) is 0 Å². The van der Waals surface area contributed by atoms with Crippen molar-refractivity contribution in [2.24, 2.45) is 0 Å². The first kappa shape index (κ1) is 26.9. The highest BCUT2D eigenvalue weighted by molar-refractivity contribution is 6.24. The predicted octanol–water partition coefficient (Wildman–Crippen LogP) is 9.54. The van der Waals surface area contributed by atoms with Crippen molar-refractivity contribution >= 4 is 59.9 Å². The van der Waals surface area contributed by atoms with Crippen LogP contribution in [-0.4, -0.2) is 13.1 Å². The van der Waals surface area contributed by atoms with Gasteiger partial charge in [-0.05, 0) is 76.2 Å². The minimum Gasteiger partial charge on any atom is -0.422 e. The average Bonchev–Trinajstić information content (AvgIpc) is 3.08. The summed E-state index contributed by atoms with van der Waals surface area (Å²) >= 11 is 0. The molecule has 0 fully saturated rings. The van der Waals surface area contributed by atoms with Crippen LogP contribution in [0.1, 0.15) is 13.8 Å². The maximum Gasteiger partial charge on any atom is 0.344 e. The Morgan fingerprint density at radius 3 is 1.67 bits per heavy atom. The number of fused-ring (bicyclic) bond motifs is 8. The molecule has 0 aliphatic rings. The molecule has 0 unspecified atom stereocenters. The Bertz CT molecular complexity index is 2570. The van der Waals surface area contributed by atoms with Crippen LogP contribution in [0.15, 0.2) is 134 Å². The molecule has 0 radical (unpaired) electrons. The standard InChI is InChI=1S/C40H29NO4/c1-3-41(4-2)25-20-19-24-21-35(39(42)44-37(24)22-25)31-17-9-16-28-27(31)15-10-18-32(28)36-23-34-30-13-6-5-11-26(30)29-12-7-8-14-33(29)38(34)45-40(36)43/h5-23H,3-4H2,1-2H3. The molecule has 45 heavy (non-hydrogen) atoms. The zero-order valence-corrected chi connectivity index (χ0v) is 25.0. The summed E-state index contributed by atoms with van der Waals surface area (Å²) in [5.41, 5.74) is 3.79. The van der Waals surface area contributed by atoms with Gasteiger partial charge in [0.25, 0.3) is 0 Å². The lowest BCUT2D eigenvalue weighted by atomic mass is 9.92.